The molecule has 0 aromatic rings. The molecule has 11 heavy (non-hydrogen) atoms. The van der Waals surface area contributed by atoms with E-state index in [9.17, 15) is 17.2 Å². The van der Waals surface area contributed by atoms with Crippen molar-refractivity contribution < 1.29 is 17.2 Å². The maximum absolute atomic E-state index is 11.5. The Morgan fingerprint density at radius 2 is 2.09 bits per heavy atom. The molecule has 66 valence electrons. The molecule has 0 heterocycles. The molecule has 0 bridgehead atoms. The average Bonchev–Trinajstić information content (AvgIpc) is 1.84. The molecule has 3 N–H and O–H groups in total. The van der Waals surface area contributed by atoms with E-state index in [1.165, 1.54) is 4.72 Å². The Kier molecular flexibility index (Phi) is 3.76. The highest BCUT2D eigenvalue weighted by Crippen LogP contribution is 2.00. The zero-order valence-electron chi connectivity index (χ0n) is 5.25. The number of rotatable bonds is 4. The van der Waals surface area contributed by atoms with Crippen molar-refractivity contribution in [3.05, 3.63) is 0 Å². The van der Waals surface area contributed by atoms with Crippen molar-refractivity contribution in [1.29, 1.82) is 0 Å². The van der Waals surface area contributed by atoms with Crippen LogP contribution < -0.4 is 10.5 Å². The van der Waals surface area contributed by atoms with E-state index in [0.717, 1.165) is 0 Å². The number of nitrogens with two attached hydrogens (primary N) is 1. The van der Waals surface area contributed by atoms with E-state index < -0.39 is 22.3 Å². The normalized spacial score (nSPS) is 11.9. The van der Waals surface area contributed by atoms with Crippen LogP contribution in [0.5, 0.6) is 0 Å². The van der Waals surface area contributed by atoms with Gasteiger partial charge in [0, 0.05) is 0 Å². The van der Waals surface area contributed by atoms with Crippen LogP contribution >= 0.6 is 12.2 Å². The smallest absolute Gasteiger partial charge is 0.350 e. The van der Waals surface area contributed by atoms with Crippen molar-refractivity contribution >= 4 is 27.2 Å². The van der Waals surface area contributed by atoms with Crippen LogP contribution in [0.25, 0.3) is 0 Å². The van der Waals surface area contributed by atoms with Gasteiger partial charge in [0.1, 0.15) is 0 Å². The highest BCUT2D eigenvalue weighted by atomic mass is 32.2. The van der Waals surface area contributed by atoms with Gasteiger partial charge >= 0.3 is 5.76 Å². The Labute approximate surface area is 67.8 Å². The van der Waals surface area contributed by atoms with Gasteiger partial charge in [-0.25, -0.2) is 13.1 Å². The van der Waals surface area contributed by atoms with Crippen LogP contribution in [0.15, 0.2) is 0 Å². The first-order valence-corrected chi connectivity index (χ1v) is 4.36. The lowest BCUT2D eigenvalue weighted by atomic mass is 10.7. The van der Waals surface area contributed by atoms with Crippen molar-refractivity contribution in [2.24, 2.45) is 5.73 Å². The lowest BCUT2D eigenvalue weighted by Crippen LogP contribution is -2.35. The van der Waals surface area contributed by atoms with Gasteiger partial charge in [0.25, 0.3) is 10.0 Å². The van der Waals surface area contributed by atoms with Gasteiger partial charge in [0.05, 0.1) is 11.5 Å². The first-order valence-electron chi connectivity index (χ1n) is 2.41. The number of hydrogen-bond acceptors (Lipinski definition) is 3. The average molecular weight is 204 g/mol. The maximum Gasteiger partial charge on any atom is 0.350 e. The summed E-state index contributed by atoms with van der Waals surface area (Å²) < 4.78 is 45.1. The number of halogens is 2. The zero-order valence-corrected chi connectivity index (χ0v) is 6.88. The standard InChI is InChI=1S/C3H6F2N2O2S2/c4-3(5)11(8,9)7-1-2(6)10/h3,7H,1H2,(H2,6,10). The molecule has 0 aliphatic carbocycles. The van der Waals surface area contributed by atoms with Crippen LogP contribution in [0.3, 0.4) is 0 Å². The summed E-state index contributed by atoms with van der Waals surface area (Å²) in [4.78, 5) is -0.186. The van der Waals surface area contributed by atoms with Crippen molar-refractivity contribution in [3.63, 3.8) is 0 Å². The van der Waals surface area contributed by atoms with Gasteiger partial charge in [-0.05, 0) is 0 Å². The molecule has 0 aliphatic heterocycles. The zero-order chi connectivity index (χ0) is 9.07. The fourth-order valence-electron chi connectivity index (χ4n) is 0.235. The van der Waals surface area contributed by atoms with E-state index >= 15 is 0 Å². The molecule has 0 unspecified atom stereocenters. The molecule has 0 aromatic carbocycles. The lowest BCUT2D eigenvalue weighted by molar-refractivity contribution is 0.233. The molecule has 0 radical (unpaired) electrons. The third-order valence-electron chi connectivity index (χ3n) is 0.682. The minimum atomic E-state index is -4.54. The lowest BCUT2D eigenvalue weighted by Gasteiger charge is -2.02. The van der Waals surface area contributed by atoms with Crippen LogP contribution in [0, 0.1) is 0 Å². The topological polar surface area (TPSA) is 72.2 Å². The predicted molar refractivity (Wildman–Crippen MR) is 39.7 cm³/mol. The van der Waals surface area contributed by atoms with E-state index in [2.05, 4.69) is 12.2 Å². The first kappa shape index (κ1) is 10.7. The molecule has 0 fully saturated rings. The maximum atomic E-state index is 11.5. The SMILES string of the molecule is NC(=S)CNS(=O)(=O)C(F)F. The van der Waals surface area contributed by atoms with Crippen LogP contribution in [-0.2, 0) is 10.0 Å². The summed E-state index contributed by atoms with van der Waals surface area (Å²) in [6.07, 6.45) is 0. The number of hydrogen-bond donors (Lipinski definition) is 2. The second-order valence-electron chi connectivity index (χ2n) is 1.59. The predicted octanol–water partition coefficient (Wildman–Crippen LogP) is -0.585. The summed E-state index contributed by atoms with van der Waals surface area (Å²) >= 11 is 4.26. The van der Waals surface area contributed by atoms with Crippen molar-refractivity contribution in [2.45, 2.75) is 5.76 Å². The molecule has 0 saturated carbocycles. The Morgan fingerprint density at radius 1 is 1.64 bits per heavy atom. The fourth-order valence-corrected chi connectivity index (χ4v) is 0.881. The number of thiocarbonyl (C=S) groups is 1. The Balaban J connectivity index is 4.05. The van der Waals surface area contributed by atoms with Gasteiger partial charge in [0.15, 0.2) is 0 Å². The van der Waals surface area contributed by atoms with E-state index in [4.69, 9.17) is 5.73 Å². The minimum Gasteiger partial charge on any atom is -0.392 e. The summed E-state index contributed by atoms with van der Waals surface area (Å²) in [5.74, 6) is -3.45. The molecule has 4 nitrogen and oxygen atoms in total. The minimum absolute atomic E-state index is 0.186. The molecule has 0 amide bonds. The number of nitrogens with one attached hydrogen (secondary N) is 1. The fraction of sp³-hybridized carbons (Fsp3) is 0.667. The number of alkyl halides is 2. The van der Waals surface area contributed by atoms with E-state index in [1.807, 2.05) is 0 Å². The Bertz CT molecular complexity index is 238. The van der Waals surface area contributed by atoms with Crippen molar-refractivity contribution in [1.82, 2.24) is 4.72 Å². The van der Waals surface area contributed by atoms with E-state index in [-0.39, 0.29) is 4.99 Å². The molecule has 8 heteroatoms. The quantitative estimate of drug-likeness (QED) is 0.601. The highest BCUT2D eigenvalue weighted by molar-refractivity contribution is 7.89. The van der Waals surface area contributed by atoms with Gasteiger partial charge in [-0.3, -0.25) is 0 Å². The van der Waals surface area contributed by atoms with Crippen LogP contribution in [0.4, 0.5) is 8.78 Å². The molecule has 0 aliphatic rings. The highest BCUT2D eigenvalue weighted by Gasteiger charge is 2.22. The summed E-state index contributed by atoms with van der Waals surface area (Å²) in [6.45, 7) is -0.442. The molecule has 0 spiro atoms. The molecular formula is C3H6F2N2O2S2. The molecule has 0 atom stereocenters. The third kappa shape index (κ3) is 4.17. The monoisotopic (exact) mass is 204 g/mol. The first-order chi connectivity index (χ1) is 4.86. The van der Waals surface area contributed by atoms with Gasteiger partial charge < -0.3 is 5.73 Å². The number of sulfonamides is 1. The third-order valence-corrected chi connectivity index (χ3v) is 1.84. The molecule has 0 rings (SSSR count). The molecule has 0 aromatic heterocycles. The van der Waals surface area contributed by atoms with Crippen LogP contribution in [-0.4, -0.2) is 25.7 Å². The van der Waals surface area contributed by atoms with Crippen LogP contribution in [0.1, 0.15) is 0 Å². The second-order valence-corrected chi connectivity index (χ2v) is 3.85. The Morgan fingerprint density at radius 3 is 2.36 bits per heavy atom. The van der Waals surface area contributed by atoms with E-state index in [0.29, 0.717) is 0 Å². The molecule has 0 saturated heterocycles. The largest absolute Gasteiger partial charge is 0.392 e. The Hall–Kier alpha value is -0.340. The summed E-state index contributed by atoms with van der Waals surface area (Å²) in [5, 5.41) is 0. The second kappa shape index (κ2) is 3.88. The van der Waals surface area contributed by atoms with Crippen LogP contribution in [0.2, 0.25) is 0 Å². The van der Waals surface area contributed by atoms with Gasteiger partial charge in [-0.2, -0.15) is 8.78 Å². The van der Waals surface area contributed by atoms with Gasteiger partial charge in [0.2, 0.25) is 0 Å². The van der Waals surface area contributed by atoms with E-state index in [1.54, 1.807) is 0 Å². The van der Waals surface area contributed by atoms with Crippen molar-refractivity contribution in [3.8, 4) is 0 Å². The van der Waals surface area contributed by atoms with Crippen molar-refractivity contribution in [2.75, 3.05) is 6.54 Å². The summed E-state index contributed by atoms with van der Waals surface area (Å²) in [5.41, 5.74) is 4.86. The van der Waals surface area contributed by atoms with Gasteiger partial charge in [-0.15, -0.1) is 0 Å². The summed E-state index contributed by atoms with van der Waals surface area (Å²) in [7, 11) is -4.54. The van der Waals surface area contributed by atoms with Gasteiger partial charge in [-0.1, -0.05) is 12.2 Å². The molecular weight excluding hydrogens is 198 g/mol. The summed E-state index contributed by atoms with van der Waals surface area (Å²) in [6, 6.07) is 0.